The van der Waals surface area contributed by atoms with E-state index in [1.807, 2.05) is 6.33 Å². The standard InChI is InChI=1S/C14H25N3/c1-2-8-15-9-10-17-12-16-11-14(17)13-6-4-3-5-7-13/h11-13,15H,2-10H2,1H3. The Balaban J connectivity index is 1.87. The molecule has 0 amide bonds. The molecule has 0 bridgehead atoms. The van der Waals surface area contributed by atoms with E-state index in [1.165, 1.54) is 44.2 Å². The van der Waals surface area contributed by atoms with Gasteiger partial charge in [0.25, 0.3) is 0 Å². The minimum atomic E-state index is 0.762. The fourth-order valence-corrected chi connectivity index (χ4v) is 2.76. The number of imidazole rings is 1. The number of rotatable bonds is 6. The Morgan fingerprint density at radius 2 is 2.12 bits per heavy atom. The number of hydrogen-bond acceptors (Lipinski definition) is 2. The zero-order valence-electron chi connectivity index (χ0n) is 11.0. The molecule has 96 valence electrons. The van der Waals surface area contributed by atoms with Crippen LogP contribution < -0.4 is 5.32 Å². The van der Waals surface area contributed by atoms with Crippen molar-refractivity contribution in [2.24, 2.45) is 0 Å². The first-order valence-electron chi connectivity index (χ1n) is 7.12. The van der Waals surface area contributed by atoms with Crippen molar-refractivity contribution in [3.05, 3.63) is 18.2 Å². The molecular weight excluding hydrogens is 210 g/mol. The van der Waals surface area contributed by atoms with E-state index in [1.54, 1.807) is 0 Å². The van der Waals surface area contributed by atoms with E-state index in [0.717, 1.165) is 25.6 Å². The van der Waals surface area contributed by atoms with Crippen LogP contribution in [-0.4, -0.2) is 22.6 Å². The van der Waals surface area contributed by atoms with Crippen LogP contribution in [0.2, 0.25) is 0 Å². The molecule has 1 heterocycles. The van der Waals surface area contributed by atoms with E-state index in [-0.39, 0.29) is 0 Å². The predicted molar refractivity (Wildman–Crippen MR) is 71.2 cm³/mol. The third kappa shape index (κ3) is 3.56. The van der Waals surface area contributed by atoms with Crippen molar-refractivity contribution in [1.82, 2.24) is 14.9 Å². The molecule has 1 saturated carbocycles. The van der Waals surface area contributed by atoms with Crippen LogP contribution in [0.25, 0.3) is 0 Å². The van der Waals surface area contributed by atoms with Crippen molar-refractivity contribution in [3.8, 4) is 0 Å². The third-order valence-electron chi connectivity index (χ3n) is 3.72. The minimum absolute atomic E-state index is 0.762. The quantitative estimate of drug-likeness (QED) is 0.768. The van der Waals surface area contributed by atoms with Gasteiger partial charge in [0.05, 0.1) is 6.33 Å². The molecule has 1 aliphatic rings. The summed E-state index contributed by atoms with van der Waals surface area (Å²) in [5.74, 6) is 0.762. The Bertz CT molecular complexity index is 313. The highest BCUT2D eigenvalue weighted by atomic mass is 15.1. The summed E-state index contributed by atoms with van der Waals surface area (Å²) in [6.07, 6.45) is 12.2. The lowest BCUT2D eigenvalue weighted by molar-refractivity contribution is 0.421. The zero-order chi connectivity index (χ0) is 11.9. The maximum absolute atomic E-state index is 4.33. The van der Waals surface area contributed by atoms with Gasteiger partial charge in [-0.2, -0.15) is 0 Å². The molecule has 0 spiro atoms. The number of hydrogen-bond donors (Lipinski definition) is 1. The van der Waals surface area contributed by atoms with E-state index in [9.17, 15) is 0 Å². The summed E-state index contributed by atoms with van der Waals surface area (Å²) < 4.78 is 2.35. The monoisotopic (exact) mass is 235 g/mol. The summed E-state index contributed by atoms with van der Waals surface area (Å²) in [5.41, 5.74) is 1.46. The van der Waals surface area contributed by atoms with Crippen molar-refractivity contribution >= 4 is 0 Å². The first-order chi connectivity index (χ1) is 8.42. The highest BCUT2D eigenvalue weighted by Gasteiger charge is 2.18. The van der Waals surface area contributed by atoms with Crippen molar-refractivity contribution in [2.45, 2.75) is 57.9 Å². The maximum Gasteiger partial charge on any atom is 0.0948 e. The normalized spacial score (nSPS) is 17.5. The number of nitrogens with one attached hydrogen (secondary N) is 1. The highest BCUT2D eigenvalue weighted by molar-refractivity contribution is 5.07. The highest BCUT2D eigenvalue weighted by Crippen LogP contribution is 2.32. The summed E-state index contributed by atoms with van der Waals surface area (Å²) in [6.45, 7) is 5.45. The predicted octanol–water partition coefficient (Wildman–Crippen LogP) is 2.93. The van der Waals surface area contributed by atoms with Crippen molar-refractivity contribution in [2.75, 3.05) is 13.1 Å². The summed E-state index contributed by atoms with van der Waals surface area (Å²) >= 11 is 0. The fourth-order valence-electron chi connectivity index (χ4n) is 2.76. The molecule has 2 rings (SSSR count). The van der Waals surface area contributed by atoms with Crippen LogP contribution in [0.5, 0.6) is 0 Å². The molecule has 1 aromatic rings. The average molecular weight is 235 g/mol. The molecule has 1 aliphatic carbocycles. The van der Waals surface area contributed by atoms with Crippen LogP contribution in [0.4, 0.5) is 0 Å². The molecule has 1 N–H and O–H groups in total. The molecule has 3 nitrogen and oxygen atoms in total. The third-order valence-corrected chi connectivity index (χ3v) is 3.72. The van der Waals surface area contributed by atoms with E-state index < -0.39 is 0 Å². The van der Waals surface area contributed by atoms with Gasteiger partial charge >= 0.3 is 0 Å². The molecule has 1 aromatic heterocycles. The van der Waals surface area contributed by atoms with E-state index in [0.29, 0.717) is 0 Å². The van der Waals surface area contributed by atoms with Gasteiger partial charge in [-0.25, -0.2) is 4.98 Å². The topological polar surface area (TPSA) is 29.9 Å². The average Bonchev–Trinajstić information content (AvgIpc) is 2.84. The van der Waals surface area contributed by atoms with Gasteiger partial charge < -0.3 is 9.88 Å². The molecule has 3 heteroatoms. The smallest absolute Gasteiger partial charge is 0.0948 e. The molecule has 0 radical (unpaired) electrons. The fraction of sp³-hybridized carbons (Fsp3) is 0.786. The van der Waals surface area contributed by atoms with Crippen LogP contribution in [-0.2, 0) is 6.54 Å². The second kappa shape index (κ2) is 6.80. The lowest BCUT2D eigenvalue weighted by Gasteiger charge is -2.22. The summed E-state index contributed by atoms with van der Waals surface area (Å²) in [6, 6.07) is 0. The van der Waals surface area contributed by atoms with Crippen molar-refractivity contribution in [1.29, 1.82) is 0 Å². The van der Waals surface area contributed by atoms with Gasteiger partial charge in [0.15, 0.2) is 0 Å². The van der Waals surface area contributed by atoms with Gasteiger partial charge in [0.1, 0.15) is 0 Å². The second-order valence-corrected chi connectivity index (χ2v) is 5.10. The molecule has 0 atom stereocenters. The molecule has 0 aromatic carbocycles. The largest absolute Gasteiger partial charge is 0.333 e. The van der Waals surface area contributed by atoms with E-state index >= 15 is 0 Å². The molecular formula is C14H25N3. The van der Waals surface area contributed by atoms with Crippen LogP contribution >= 0.6 is 0 Å². The first-order valence-corrected chi connectivity index (χ1v) is 7.12. The summed E-state index contributed by atoms with van der Waals surface area (Å²) in [4.78, 5) is 4.33. The van der Waals surface area contributed by atoms with Crippen LogP contribution in [0, 0.1) is 0 Å². The molecule has 17 heavy (non-hydrogen) atoms. The Kier molecular flexibility index (Phi) is 5.05. The van der Waals surface area contributed by atoms with Gasteiger partial charge in [0.2, 0.25) is 0 Å². The minimum Gasteiger partial charge on any atom is -0.333 e. The Morgan fingerprint density at radius 3 is 2.88 bits per heavy atom. The van der Waals surface area contributed by atoms with Gasteiger partial charge in [-0.15, -0.1) is 0 Å². The van der Waals surface area contributed by atoms with Crippen molar-refractivity contribution in [3.63, 3.8) is 0 Å². The SMILES string of the molecule is CCCNCCn1cncc1C1CCCCC1. The van der Waals surface area contributed by atoms with Crippen LogP contribution in [0.1, 0.15) is 57.1 Å². The van der Waals surface area contributed by atoms with Gasteiger partial charge in [0, 0.05) is 30.9 Å². The Labute approximate surface area is 105 Å². The van der Waals surface area contributed by atoms with Crippen molar-refractivity contribution < 1.29 is 0 Å². The van der Waals surface area contributed by atoms with Crippen LogP contribution in [0.15, 0.2) is 12.5 Å². The maximum atomic E-state index is 4.33. The molecule has 1 fully saturated rings. The number of aromatic nitrogens is 2. The van der Waals surface area contributed by atoms with Gasteiger partial charge in [-0.05, 0) is 25.8 Å². The first kappa shape index (κ1) is 12.6. The second-order valence-electron chi connectivity index (χ2n) is 5.10. The Hall–Kier alpha value is -0.830. The summed E-state index contributed by atoms with van der Waals surface area (Å²) in [7, 11) is 0. The lowest BCUT2D eigenvalue weighted by Crippen LogP contribution is -2.22. The summed E-state index contributed by atoms with van der Waals surface area (Å²) in [5, 5.41) is 3.45. The molecule has 0 aliphatic heterocycles. The zero-order valence-corrected chi connectivity index (χ0v) is 11.0. The van der Waals surface area contributed by atoms with E-state index in [2.05, 4.69) is 28.0 Å². The van der Waals surface area contributed by atoms with Gasteiger partial charge in [-0.1, -0.05) is 26.2 Å². The molecule has 0 unspecified atom stereocenters. The molecule has 0 saturated heterocycles. The van der Waals surface area contributed by atoms with Crippen LogP contribution in [0.3, 0.4) is 0 Å². The Morgan fingerprint density at radius 1 is 1.29 bits per heavy atom. The van der Waals surface area contributed by atoms with E-state index in [4.69, 9.17) is 0 Å². The number of nitrogens with zero attached hydrogens (tertiary/aromatic N) is 2. The van der Waals surface area contributed by atoms with Gasteiger partial charge in [-0.3, -0.25) is 0 Å². The lowest BCUT2D eigenvalue weighted by atomic mass is 9.87.